The van der Waals surface area contributed by atoms with Gasteiger partial charge >= 0.3 is 0 Å². The molecule has 10 aromatic rings. The molecule has 260 valence electrons. The quantitative estimate of drug-likeness (QED) is 0.177. The molecule has 2 nitrogen and oxygen atoms in total. The summed E-state index contributed by atoms with van der Waals surface area (Å²) in [4.78, 5) is 1.78. The summed E-state index contributed by atoms with van der Waals surface area (Å²) in [7, 11) is 0. The maximum Gasteiger partial charge on any atom is 0.143 e. The fourth-order valence-electron chi connectivity index (χ4n) is 8.84. The second-order valence-electron chi connectivity index (χ2n) is 14.7. The molecule has 1 aliphatic rings. The van der Waals surface area contributed by atoms with Gasteiger partial charge in [-0.25, -0.2) is 0 Å². The maximum absolute atomic E-state index is 9.38. The molecule has 1 aromatic heterocycles. The van der Waals surface area contributed by atoms with Gasteiger partial charge in [-0.05, 0) is 97.7 Å². The van der Waals surface area contributed by atoms with Gasteiger partial charge in [0.2, 0.25) is 0 Å². The summed E-state index contributed by atoms with van der Waals surface area (Å²) in [6, 6.07) is 46.3. The van der Waals surface area contributed by atoms with Crippen molar-refractivity contribution >= 4 is 60.5 Å². The molecule has 0 unspecified atom stereocenters. The second kappa shape index (κ2) is 12.1. The highest BCUT2D eigenvalue weighted by Crippen LogP contribution is 2.52. The minimum absolute atomic E-state index is 0.0115. The summed E-state index contributed by atoms with van der Waals surface area (Å²) in [6.07, 6.45) is 0. The first-order chi connectivity index (χ1) is 30.0. The van der Waals surface area contributed by atoms with Crippen LogP contribution < -0.4 is 4.90 Å². The van der Waals surface area contributed by atoms with E-state index >= 15 is 0 Å². The number of anilines is 3. The fraction of sp³-hybridized carbons (Fsp3) is 0.0566. The third-order valence-electron chi connectivity index (χ3n) is 11.4. The normalized spacial score (nSPS) is 14.8. The van der Waals surface area contributed by atoms with E-state index in [4.69, 9.17) is 12.6 Å². The van der Waals surface area contributed by atoms with Crippen LogP contribution in [-0.4, -0.2) is 0 Å². The van der Waals surface area contributed by atoms with Crippen molar-refractivity contribution in [3.63, 3.8) is 0 Å². The van der Waals surface area contributed by atoms with Crippen molar-refractivity contribution in [1.29, 1.82) is 0 Å². The Hall–Kier alpha value is -6.90. The zero-order valence-electron chi connectivity index (χ0n) is 37.2. The molecule has 0 amide bonds. The third kappa shape index (κ3) is 4.81. The van der Waals surface area contributed by atoms with Crippen molar-refractivity contribution in [3.8, 4) is 33.4 Å². The molecular formula is C53H37NO. The SMILES string of the molecule is [2H]c1c([2H])c([2H])c2c(N(c3ccc(-c4cccc5c4C(C)(C)c4ccccc4-5)cc3)c3ccc(-c4cccc5oc6c7ccccc7ccc6c45)cc3)c([2H])c([2H])c([2H])c2c1[2H]. The van der Waals surface area contributed by atoms with Gasteiger partial charge in [0.1, 0.15) is 11.2 Å². The molecule has 11 rings (SSSR count). The van der Waals surface area contributed by atoms with Gasteiger partial charge < -0.3 is 9.32 Å². The van der Waals surface area contributed by atoms with Crippen LogP contribution >= 0.6 is 0 Å². The van der Waals surface area contributed by atoms with Crippen molar-refractivity contribution in [2.75, 3.05) is 4.90 Å². The lowest BCUT2D eigenvalue weighted by Crippen LogP contribution is -2.16. The number of nitrogens with zero attached hydrogens (tertiary/aromatic N) is 1. The number of hydrogen-bond acceptors (Lipinski definition) is 2. The van der Waals surface area contributed by atoms with Crippen LogP contribution in [0, 0.1) is 0 Å². The van der Waals surface area contributed by atoms with Crippen molar-refractivity contribution in [3.05, 3.63) is 199 Å². The average Bonchev–Trinajstić information content (AvgIpc) is 3.80. The van der Waals surface area contributed by atoms with E-state index in [0.29, 0.717) is 11.4 Å². The predicted octanol–water partition coefficient (Wildman–Crippen LogP) is 15.0. The number of hydrogen-bond donors (Lipinski definition) is 0. The topological polar surface area (TPSA) is 16.4 Å². The van der Waals surface area contributed by atoms with Crippen molar-refractivity contribution < 1.29 is 14.0 Å². The molecule has 0 saturated heterocycles. The van der Waals surface area contributed by atoms with Crippen LogP contribution in [0.15, 0.2) is 192 Å². The van der Waals surface area contributed by atoms with Gasteiger partial charge in [-0.2, -0.15) is 0 Å². The van der Waals surface area contributed by atoms with Gasteiger partial charge in [-0.1, -0.05) is 159 Å². The van der Waals surface area contributed by atoms with E-state index in [9.17, 15) is 1.37 Å². The highest BCUT2D eigenvalue weighted by molar-refractivity contribution is 6.19. The first kappa shape index (κ1) is 25.2. The van der Waals surface area contributed by atoms with Gasteiger partial charge in [-0.15, -0.1) is 0 Å². The molecule has 9 aromatic carbocycles. The number of benzene rings is 9. The van der Waals surface area contributed by atoms with Gasteiger partial charge in [0.05, 0.1) is 15.3 Å². The third-order valence-corrected chi connectivity index (χ3v) is 11.4. The van der Waals surface area contributed by atoms with E-state index in [0.717, 1.165) is 55.0 Å². The Morgan fingerprint density at radius 3 is 1.98 bits per heavy atom. The molecule has 2 heteroatoms. The van der Waals surface area contributed by atoms with Crippen LogP contribution in [-0.2, 0) is 5.41 Å². The largest absolute Gasteiger partial charge is 0.455 e. The molecule has 1 aliphatic carbocycles. The highest BCUT2D eigenvalue weighted by atomic mass is 16.3. The Bertz CT molecular complexity index is 3510. The molecule has 0 bridgehead atoms. The number of rotatable bonds is 5. The molecule has 1 heterocycles. The molecule has 0 fully saturated rings. The first-order valence-electron chi connectivity index (χ1n) is 22.0. The van der Waals surface area contributed by atoms with E-state index in [1.807, 2.05) is 72.8 Å². The van der Waals surface area contributed by atoms with Crippen LogP contribution in [0.25, 0.3) is 76.9 Å². The van der Waals surface area contributed by atoms with Crippen LogP contribution in [0.2, 0.25) is 0 Å². The Morgan fingerprint density at radius 2 is 1.15 bits per heavy atom. The number of furan rings is 1. The average molecular weight is 711 g/mol. The Morgan fingerprint density at radius 1 is 0.491 bits per heavy atom. The summed E-state index contributed by atoms with van der Waals surface area (Å²) in [6.45, 7) is 4.52. The smallest absolute Gasteiger partial charge is 0.143 e. The number of fused-ring (bicyclic) bond motifs is 9. The molecule has 0 saturated carbocycles. The lowest BCUT2D eigenvalue weighted by Gasteiger charge is -2.28. The molecule has 0 aliphatic heterocycles. The highest BCUT2D eigenvalue weighted by Gasteiger charge is 2.37. The van der Waals surface area contributed by atoms with Gasteiger partial charge in [0.25, 0.3) is 0 Å². The second-order valence-corrected chi connectivity index (χ2v) is 14.7. The summed E-state index contributed by atoms with van der Waals surface area (Å²) in [5.74, 6) is 0. The van der Waals surface area contributed by atoms with E-state index in [1.54, 1.807) is 4.90 Å². The molecule has 0 atom stereocenters. The minimum atomic E-state index is -0.492. The van der Waals surface area contributed by atoms with Crippen molar-refractivity contribution in [1.82, 2.24) is 0 Å². The van der Waals surface area contributed by atoms with E-state index in [1.165, 1.54) is 22.3 Å². The molecule has 0 N–H and O–H groups in total. The lowest BCUT2D eigenvalue weighted by molar-refractivity contribution is 0.662. The standard InChI is InChI=1S/C53H37NO/c1-53(2)47-21-8-7-17-44(47)45-20-10-19-42(51(45)53)37-26-31-39(32-27-37)54(48-22-9-14-34-12-3-5-15-40(34)48)38-29-24-36(25-30-38)41-18-11-23-49-50(41)46-33-28-35-13-4-6-16-43(35)52(46)55-49/h3-33H,1-2H3/i3D,5D,9D,12D,14D,15D,22D. The fourth-order valence-corrected chi connectivity index (χ4v) is 8.84. The maximum atomic E-state index is 9.38. The van der Waals surface area contributed by atoms with Gasteiger partial charge in [0, 0.05) is 38.3 Å². The van der Waals surface area contributed by atoms with E-state index in [-0.39, 0.29) is 34.0 Å². The van der Waals surface area contributed by atoms with Crippen LogP contribution in [0.5, 0.6) is 0 Å². The summed E-state index contributed by atoms with van der Waals surface area (Å²) >= 11 is 0. The Labute approximate surface area is 330 Å². The first-order valence-corrected chi connectivity index (χ1v) is 18.5. The van der Waals surface area contributed by atoms with Gasteiger partial charge in [-0.3, -0.25) is 0 Å². The van der Waals surface area contributed by atoms with Crippen LogP contribution in [0.3, 0.4) is 0 Å². The molecular weight excluding hydrogens is 667 g/mol. The minimum Gasteiger partial charge on any atom is -0.455 e. The Kier molecular flexibility index (Phi) is 5.52. The van der Waals surface area contributed by atoms with E-state index in [2.05, 4.69) is 86.6 Å². The monoisotopic (exact) mass is 710 g/mol. The summed E-state index contributed by atoms with van der Waals surface area (Å²) < 4.78 is 68.7. The molecule has 0 spiro atoms. The van der Waals surface area contributed by atoms with Crippen molar-refractivity contribution in [2.24, 2.45) is 0 Å². The van der Waals surface area contributed by atoms with E-state index < -0.39 is 30.2 Å². The van der Waals surface area contributed by atoms with Gasteiger partial charge in [0.15, 0.2) is 0 Å². The van der Waals surface area contributed by atoms with Crippen molar-refractivity contribution in [2.45, 2.75) is 19.3 Å². The Balaban J connectivity index is 1.10. The molecule has 0 radical (unpaired) electrons. The molecule has 55 heavy (non-hydrogen) atoms. The summed E-state index contributed by atoms with van der Waals surface area (Å²) in [5, 5.41) is 4.05. The van der Waals surface area contributed by atoms with Crippen LogP contribution in [0.1, 0.15) is 34.6 Å². The lowest BCUT2D eigenvalue weighted by atomic mass is 9.79. The zero-order chi connectivity index (χ0) is 42.8. The predicted molar refractivity (Wildman–Crippen MR) is 232 cm³/mol. The zero-order valence-corrected chi connectivity index (χ0v) is 30.2. The van der Waals surface area contributed by atoms with Crippen LogP contribution in [0.4, 0.5) is 17.1 Å². The summed E-state index contributed by atoms with van der Waals surface area (Å²) in [5.41, 5.74) is 11.7.